The third-order valence-corrected chi connectivity index (χ3v) is 6.74. The van der Waals surface area contributed by atoms with Crippen molar-refractivity contribution in [2.45, 2.75) is 64.9 Å². The summed E-state index contributed by atoms with van der Waals surface area (Å²) in [6.45, 7) is 3.31. The number of benzene rings is 4. The smallest absolute Gasteiger partial charge is 0.338 e. The molecule has 4 rings (SSSR count). The monoisotopic (exact) mass is 494 g/mol. The van der Waals surface area contributed by atoms with Gasteiger partial charge in [-0.05, 0) is 64.2 Å². The van der Waals surface area contributed by atoms with Crippen LogP contribution >= 0.6 is 0 Å². The first-order valence-electron chi connectivity index (χ1n) is 13.7. The molecular formula is C34H38O3. The summed E-state index contributed by atoms with van der Waals surface area (Å²) in [5.74, 6) is 0.614. The second-order valence-electron chi connectivity index (χ2n) is 9.69. The van der Waals surface area contributed by atoms with Crippen molar-refractivity contribution in [2.75, 3.05) is 6.61 Å². The predicted molar refractivity (Wildman–Crippen MR) is 153 cm³/mol. The van der Waals surface area contributed by atoms with Crippen LogP contribution in [0.25, 0.3) is 21.9 Å². The highest BCUT2D eigenvalue weighted by molar-refractivity contribution is 5.96. The molecule has 0 bridgehead atoms. The molecule has 3 nitrogen and oxygen atoms in total. The summed E-state index contributed by atoms with van der Waals surface area (Å²) < 4.78 is 11.4. The van der Waals surface area contributed by atoms with Gasteiger partial charge < -0.3 is 9.47 Å². The van der Waals surface area contributed by atoms with E-state index in [1.807, 2.05) is 48.5 Å². The van der Waals surface area contributed by atoms with E-state index < -0.39 is 0 Å². The summed E-state index contributed by atoms with van der Waals surface area (Å²) in [5, 5.41) is 2.11. The molecule has 0 unspecified atom stereocenters. The van der Waals surface area contributed by atoms with E-state index in [-0.39, 0.29) is 12.6 Å². The van der Waals surface area contributed by atoms with Gasteiger partial charge >= 0.3 is 5.97 Å². The van der Waals surface area contributed by atoms with Crippen LogP contribution in [0.3, 0.4) is 0 Å². The molecule has 0 amide bonds. The van der Waals surface area contributed by atoms with E-state index in [0.717, 1.165) is 46.2 Å². The average Bonchev–Trinajstić information content (AvgIpc) is 2.95. The van der Waals surface area contributed by atoms with E-state index in [9.17, 15) is 4.79 Å². The number of fused-ring (bicyclic) bond motifs is 1. The third-order valence-electron chi connectivity index (χ3n) is 6.74. The molecule has 0 radical (unpaired) electrons. The average molecular weight is 495 g/mol. The Bertz CT molecular complexity index is 1250. The molecule has 0 aliphatic heterocycles. The lowest BCUT2D eigenvalue weighted by Gasteiger charge is -2.09. The van der Waals surface area contributed by atoms with Crippen molar-refractivity contribution in [3.63, 3.8) is 0 Å². The molecule has 0 fully saturated rings. The number of carbonyl (C=O) groups is 1. The Kier molecular flexibility index (Phi) is 10.2. The number of ether oxygens (including phenoxy) is 2. The molecule has 0 aliphatic carbocycles. The standard InChI is InChI=1S/C34H38O3/c1-2-3-4-5-6-7-8-12-23-36-33-21-19-28(20-22-33)29-15-16-31-25-32(18-17-30(31)24-29)34(35)37-26-27-13-10-9-11-14-27/h9-11,13-22,24-25H,2-8,12,23,26H2,1H3. The van der Waals surface area contributed by atoms with Crippen LogP contribution in [0, 0.1) is 0 Å². The highest BCUT2D eigenvalue weighted by atomic mass is 16.5. The summed E-state index contributed by atoms with van der Waals surface area (Å²) in [6, 6.07) is 30.1. The summed E-state index contributed by atoms with van der Waals surface area (Å²) >= 11 is 0. The van der Waals surface area contributed by atoms with Crippen LogP contribution in [0.5, 0.6) is 5.75 Å². The van der Waals surface area contributed by atoms with Crippen molar-refractivity contribution in [3.05, 3.63) is 102 Å². The molecule has 0 aromatic heterocycles. The number of carbonyl (C=O) groups excluding carboxylic acids is 1. The van der Waals surface area contributed by atoms with Gasteiger partial charge in [0.2, 0.25) is 0 Å². The fourth-order valence-corrected chi connectivity index (χ4v) is 4.53. The van der Waals surface area contributed by atoms with Crippen molar-refractivity contribution in [1.29, 1.82) is 0 Å². The van der Waals surface area contributed by atoms with E-state index >= 15 is 0 Å². The summed E-state index contributed by atoms with van der Waals surface area (Å²) in [6.07, 6.45) is 10.4. The minimum atomic E-state index is -0.308. The van der Waals surface area contributed by atoms with E-state index in [1.165, 1.54) is 44.9 Å². The zero-order valence-electron chi connectivity index (χ0n) is 22.0. The van der Waals surface area contributed by atoms with Gasteiger partial charge in [-0.15, -0.1) is 0 Å². The lowest BCUT2D eigenvalue weighted by molar-refractivity contribution is 0.0473. The van der Waals surface area contributed by atoms with Crippen LogP contribution in [-0.4, -0.2) is 12.6 Å². The van der Waals surface area contributed by atoms with Gasteiger partial charge in [-0.1, -0.05) is 113 Å². The molecule has 0 aliphatic rings. The summed E-state index contributed by atoms with van der Waals surface area (Å²) in [7, 11) is 0. The fourth-order valence-electron chi connectivity index (χ4n) is 4.53. The van der Waals surface area contributed by atoms with Crippen molar-refractivity contribution in [3.8, 4) is 16.9 Å². The first-order chi connectivity index (χ1) is 18.2. The Hall–Kier alpha value is -3.59. The van der Waals surface area contributed by atoms with Gasteiger partial charge in [0.05, 0.1) is 12.2 Å². The van der Waals surface area contributed by atoms with Gasteiger partial charge in [-0.25, -0.2) is 4.79 Å². The van der Waals surface area contributed by atoms with Gasteiger partial charge in [0.15, 0.2) is 0 Å². The molecule has 192 valence electrons. The van der Waals surface area contributed by atoms with Crippen LogP contribution in [0.2, 0.25) is 0 Å². The maximum atomic E-state index is 12.5. The van der Waals surface area contributed by atoms with E-state index in [0.29, 0.717) is 5.56 Å². The van der Waals surface area contributed by atoms with Crippen LogP contribution < -0.4 is 4.74 Å². The lowest BCUT2D eigenvalue weighted by atomic mass is 10.00. The Morgan fingerprint density at radius 2 is 1.30 bits per heavy atom. The number of hydrogen-bond acceptors (Lipinski definition) is 3. The largest absolute Gasteiger partial charge is 0.494 e. The molecule has 0 saturated carbocycles. The van der Waals surface area contributed by atoms with Crippen molar-refractivity contribution < 1.29 is 14.3 Å². The number of esters is 1. The number of hydrogen-bond donors (Lipinski definition) is 0. The van der Waals surface area contributed by atoms with Gasteiger partial charge in [0.25, 0.3) is 0 Å². The summed E-state index contributed by atoms with van der Waals surface area (Å²) in [4.78, 5) is 12.5. The molecule has 0 saturated heterocycles. The maximum Gasteiger partial charge on any atom is 0.338 e. The fraction of sp³-hybridized carbons (Fsp3) is 0.324. The van der Waals surface area contributed by atoms with Crippen LogP contribution in [0.4, 0.5) is 0 Å². The first kappa shape index (κ1) is 26.5. The molecule has 37 heavy (non-hydrogen) atoms. The normalized spacial score (nSPS) is 10.9. The molecule has 0 heterocycles. The number of rotatable bonds is 14. The zero-order valence-corrected chi connectivity index (χ0v) is 22.0. The first-order valence-corrected chi connectivity index (χ1v) is 13.7. The predicted octanol–water partition coefficient (Wildman–Crippen LogP) is 9.38. The maximum absolute atomic E-state index is 12.5. The van der Waals surface area contributed by atoms with Crippen molar-refractivity contribution in [2.24, 2.45) is 0 Å². The van der Waals surface area contributed by atoms with E-state index in [2.05, 4.69) is 49.4 Å². The summed E-state index contributed by atoms with van der Waals surface area (Å²) in [5.41, 5.74) is 3.83. The van der Waals surface area contributed by atoms with Crippen molar-refractivity contribution in [1.82, 2.24) is 0 Å². The molecule has 4 aromatic rings. The second-order valence-corrected chi connectivity index (χ2v) is 9.69. The van der Waals surface area contributed by atoms with Gasteiger partial charge in [-0.3, -0.25) is 0 Å². The Labute approximate surface area is 221 Å². The van der Waals surface area contributed by atoms with Crippen LogP contribution in [0.15, 0.2) is 91.0 Å². The van der Waals surface area contributed by atoms with Gasteiger partial charge in [-0.2, -0.15) is 0 Å². The molecule has 0 N–H and O–H groups in total. The Morgan fingerprint density at radius 1 is 0.649 bits per heavy atom. The third kappa shape index (κ3) is 8.21. The Morgan fingerprint density at radius 3 is 2.05 bits per heavy atom. The van der Waals surface area contributed by atoms with E-state index in [1.54, 1.807) is 0 Å². The minimum absolute atomic E-state index is 0.273. The molecule has 0 spiro atoms. The van der Waals surface area contributed by atoms with Crippen molar-refractivity contribution >= 4 is 16.7 Å². The zero-order chi connectivity index (χ0) is 25.7. The molecular weight excluding hydrogens is 456 g/mol. The lowest BCUT2D eigenvalue weighted by Crippen LogP contribution is -2.05. The SMILES string of the molecule is CCCCCCCCCCOc1ccc(-c2ccc3cc(C(=O)OCc4ccccc4)ccc3c2)cc1. The second kappa shape index (κ2) is 14.2. The number of unbranched alkanes of at least 4 members (excludes halogenated alkanes) is 7. The quantitative estimate of drug-likeness (QED) is 0.129. The molecule has 3 heteroatoms. The Balaban J connectivity index is 1.27. The van der Waals surface area contributed by atoms with Crippen LogP contribution in [-0.2, 0) is 11.3 Å². The van der Waals surface area contributed by atoms with Crippen LogP contribution in [0.1, 0.15) is 74.2 Å². The molecule has 4 aromatic carbocycles. The molecule has 0 atom stereocenters. The highest BCUT2D eigenvalue weighted by Gasteiger charge is 2.09. The van der Waals surface area contributed by atoms with Gasteiger partial charge in [0.1, 0.15) is 12.4 Å². The highest BCUT2D eigenvalue weighted by Crippen LogP contribution is 2.27. The van der Waals surface area contributed by atoms with E-state index in [4.69, 9.17) is 9.47 Å². The minimum Gasteiger partial charge on any atom is -0.494 e. The van der Waals surface area contributed by atoms with Gasteiger partial charge in [0, 0.05) is 0 Å². The topological polar surface area (TPSA) is 35.5 Å².